The normalized spacial score (nSPS) is 18.7. The van der Waals surface area contributed by atoms with Gasteiger partial charge in [0, 0.05) is 38.0 Å². The molecule has 1 N–H and O–H groups in total. The number of amides is 1. The van der Waals surface area contributed by atoms with Gasteiger partial charge < -0.3 is 10.1 Å². The summed E-state index contributed by atoms with van der Waals surface area (Å²) in [6, 6.07) is 10.3. The van der Waals surface area contributed by atoms with Crippen molar-refractivity contribution in [3.05, 3.63) is 52.5 Å². The highest BCUT2D eigenvalue weighted by atomic mass is 32.1. The molecule has 2 heterocycles. The third-order valence-corrected chi connectivity index (χ3v) is 4.49. The predicted octanol–water partition coefficient (Wildman–Crippen LogP) is 1.70. The van der Waals surface area contributed by atoms with Crippen LogP contribution in [0.5, 0.6) is 0 Å². The largest absolute Gasteiger partial charge is 0.366 e. The average molecular weight is 331 g/mol. The SMILES string of the molecule is O=C(NCCc1cscn1)[C@@H]1CN(Cc2ccccc2)CCO1. The maximum Gasteiger partial charge on any atom is 0.250 e. The smallest absolute Gasteiger partial charge is 0.250 e. The Morgan fingerprint density at radius 1 is 1.39 bits per heavy atom. The van der Waals surface area contributed by atoms with E-state index in [4.69, 9.17) is 4.74 Å². The number of rotatable bonds is 6. The number of hydrogen-bond donors (Lipinski definition) is 1. The number of thiazole rings is 1. The van der Waals surface area contributed by atoms with Crippen LogP contribution in [-0.2, 0) is 22.5 Å². The van der Waals surface area contributed by atoms with E-state index in [0.29, 0.717) is 19.7 Å². The Bertz CT molecular complexity index is 604. The fraction of sp³-hybridized carbons (Fsp3) is 0.412. The average Bonchev–Trinajstić information content (AvgIpc) is 3.09. The molecule has 1 aromatic heterocycles. The topological polar surface area (TPSA) is 54.5 Å². The van der Waals surface area contributed by atoms with Crippen molar-refractivity contribution in [2.75, 3.05) is 26.2 Å². The minimum atomic E-state index is -0.386. The van der Waals surface area contributed by atoms with E-state index in [-0.39, 0.29) is 12.0 Å². The Morgan fingerprint density at radius 2 is 2.26 bits per heavy atom. The summed E-state index contributed by atoms with van der Waals surface area (Å²) < 4.78 is 5.63. The third-order valence-electron chi connectivity index (χ3n) is 3.86. The summed E-state index contributed by atoms with van der Waals surface area (Å²) >= 11 is 1.57. The van der Waals surface area contributed by atoms with Gasteiger partial charge in [-0.05, 0) is 5.56 Å². The van der Waals surface area contributed by atoms with Crippen LogP contribution < -0.4 is 5.32 Å². The quantitative estimate of drug-likeness (QED) is 0.875. The molecule has 1 aliphatic heterocycles. The number of carbonyl (C=O) groups is 1. The fourth-order valence-electron chi connectivity index (χ4n) is 2.63. The summed E-state index contributed by atoms with van der Waals surface area (Å²) in [5.74, 6) is -0.0296. The molecule has 6 heteroatoms. The molecule has 0 spiro atoms. The van der Waals surface area contributed by atoms with E-state index in [0.717, 1.165) is 25.2 Å². The minimum Gasteiger partial charge on any atom is -0.366 e. The summed E-state index contributed by atoms with van der Waals surface area (Å²) in [5.41, 5.74) is 4.09. The standard InChI is InChI=1S/C17H21N3O2S/c21-17(18-7-6-15-12-23-13-19-15)16-11-20(8-9-22-16)10-14-4-2-1-3-5-14/h1-5,12-13,16H,6-11H2,(H,18,21)/t16-/m0/s1. The summed E-state index contributed by atoms with van der Waals surface area (Å²) in [4.78, 5) is 18.7. The highest BCUT2D eigenvalue weighted by molar-refractivity contribution is 7.07. The van der Waals surface area contributed by atoms with Crippen LogP contribution in [-0.4, -0.2) is 48.1 Å². The molecular formula is C17H21N3O2S. The number of morpholine rings is 1. The van der Waals surface area contributed by atoms with E-state index in [2.05, 4.69) is 27.3 Å². The molecule has 5 nitrogen and oxygen atoms in total. The number of hydrogen-bond acceptors (Lipinski definition) is 5. The summed E-state index contributed by atoms with van der Waals surface area (Å²) in [6.45, 7) is 3.54. The molecule has 1 amide bonds. The van der Waals surface area contributed by atoms with E-state index < -0.39 is 0 Å². The van der Waals surface area contributed by atoms with Gasteiger partial charge in [0.2, 0.25) is 5.91 Å². The minimum absolute atomic E-state index is 0.0296. The summed E-state index contributed by atoms with van der Waals surface area (Å²) in [7, 11) is 0. The van der Waals surface area contributed by atoms with Gasteiger partial charge in [0.1, 0.15) is 6.10 Å². The van der Waals surface area contributed by atoms with Crippen LogP contribution in [0.3, 0.4) is 0 Å². The number of aromatic nitrogens is 1. The van der Waals surface area contributed by atoms with Crippen molar-refractivity contribution < 1.29 is 9.53 Å². The van der Waals surface area contributed by atoms with E-state index in [1.54, 1.807) is 11.3 Å². The Balaban J connectivity index is 1.44. The van der Waals surface area contributed by atoms with Crippen molar-refractivity contribution in [3.8, 4) is 0 Å². The molecule has 122 valence electrons. The molecule has 23 heavy (non-hydrogen) atoms. The molecule has 0 radical (unpaired) electrons. The third kappa shape index (κ3) is 4.86. The van der Waals surface area contributed by atoms with E-state index in [1.165, 1.54) is 5.56 Å². The molecule has 1 atom stereocenters. The molecule has 3 rings (SSSR count). The Morgan fingerprint density at radius 3 is 3.04 bits per heavy atom. The Labute approximate surface area is 140 Å². The first-order valence-electron chi connectivity index (χ1n) is 7.84. The van der Waals surface area contributed by atoms with Gasteiger partial charge in [0.25, 0.3) is 0 Å². The molecule has 0 unspecified atom stereocenters. The van der Waals surface area contributed by atoms with Crippen LogP contribution in [0.1, 0.15) is 11.3 Å². The van der Waals surface area contributed by atoms with Crippen molar-refractivity contribution >= 4 is 17.2 Å². The number of nitrogens with one attached hydrogen (secondary N) is 1. The van der Waals surface area contributed by atoms with Crippen molar-refractivity contribution in [2.24, 2.45) is 0 Å². The van der Waals surface area contributed by atoms with Gasteiger partial charge in [-0.25, -0.2) is 4.98 Å². The van der Waals surface area contributed by atoms with Crippen LogP contribution in [0, 0.1) is 0 Å². The maximum absolute atomic E-state index is 12.2. The summed E-state index contributed by atoms with van der Waals surface area (Å²) in [6.07, 6.45) is 0.373. The van der Waals surface area contributed by atoms with Gasteiger partial charge in [-0.3, -0.25) is 9.69 Å². The molecular weight excluding hydrogens is 310 g/mol. The number of ether oxygens (including phenoxy) is 1. The molecule has 0 bridgehead atoms. The second-order valence-corrected chi connectivity index (χ2v) is 6.32. The van der Waals surface area contributed by atoms with E-state index in [1.807, 2.05) is 29.1 Å². The second kappa shape index (κ2) is 8.19. The van der Waals surface area contributed by atoms with Crippen LogP contribution >= 0.6 is 11.3 Å². The van der Waals surface area contributed by atoms with Gasteiger partial charge >= 0.3 is 0 Å². The van der Waals surface area contributed by atoms with E-state index >= 15 is 0 Å². The highest BCUT2D eigenvalue weighted by Crippen LogP contribution is 2.10. The molecule has 0 aliphatic carbocycles. The lowest BCUT2D eigenvalue weighted by Crippen LogP contribution is -2.49. The number of nitrogens with zero attached hydrogens (tertiary/aromatic N) is 2. The number of carbonyl (C=O) groups excluding carboxylic acids is 1. The fourth-order valence-corrected chi connectivity index (χ4v) is 3.23. The molecule has 1 fully saturated rings. The Hall–Kier alpha value is -1.76. The molecule has 1 aromatic carbocycles. The van der Waals surface area contributed by atoms with Crippen LogP contribution in [0.2, 0.25) is 0 Å². The highest BCUT2D eigenvalue weighted by Gasteiger charge is 2.26. The van der Waals surface area contributed by atoms with Gasteiger partial charge in [-0.1, -0.05) is 30.3 Å². The predicted molar refractivity (Wildman–Crippen MR) is 90.3 cm³/mol. The lowest BCUT2D eigenvalue weighted by molar-refractivity contribution is -0.138. The first-order chi connectivity index (χ1) is 11.3. The first-order valence-corrected chi connectivity index (χ1v) is 8.78. The van der Waals surface area contributed by atoms with Gasteiger partial charge in [0.15, 0.2) is 0 Å². The second-order valence-electron chi connectivity index (χ2n) is 5.60. The Kier molecular flexibility index (Phi) is 5.74. The van der Waals surface area contributed by atoms with Crippen LogP contribution in [0.25, 0.3) is 0 Å². The summed E-state index contributed by atoms with van der Waals surface area (Å²) in [5, 5.41) is 4.95. The van der Waals surface area contributed by atoms with Gasteiger partial charge in [-0.2, -0.15) is 0 Å². The molecule has 1 aliphatic rings. The first kappa shape index (κ1) is 16.1. The molecule has 0 saturated carbocycles. The van der Waals surface area contributed by atoms with Gasteiger partial charge in [-0.15, -0.1) is 11.3 Å². The lowest BCUT2D eigenvalue weighted by atomic mass is 10.2. The van der Waals surface area contributed by atoms with Crippen molar-refractivity contribution in [2.45, 2.75) is 19.1 Å². The number of benzene rings is 1. The van der Waals surface area contributed by atoms with Crippen molar-refractivity contribution in [1.82, 2.24) is 15.2 Å². The molecule has 1 saturated heterocycles. The lowest BCUT2D eigenvalue weighted by Gasteiger charge is -2.32. The maximum atomic E-state index is 12.2. The van der Waals surface area contributed by atoms with Crippen LogP contribution in [0.4, 0.5) is 0 Å². The zero-order chi connectivity index (χ0) is 15.9. The molecule has 2 aromatic rings. The monoisotopic (exact) mass is 331 g/mol. The zero-order valence-electron chi connectivity index (χ0n) is 13.0. The zero-order valence-corrected chi connectivity index (χ0v) is 13.8. The van der Waals surface area contributed by atoms with E-state index in [9.17, 15) is 4.79 Å². The van der Waals surface area contributed by atoms with Crippen LogP contribution in [0.15, 0.2) is 41.2 Å². The van der Waals surface area contributed by atoms with Gasteiger partial charge in [0.05, 0.1) is 17.8 Å². The van der Waals surface area contributed by atoms with Crippen molar-refractivity contribution in [1.29, 1.82) is 0 Å². The van der Waals surface area contributed by atoms with Crippen molar-refractivity contribution in [3.63, 3.8) is 0 Å².